The van der Waals surface area contributed by atoms with E-state index in [-0.39, 0.29) is 23.9 Å². The number of hydrogen-bond donors (Lipinski definition) is 0. The summed E-state index contributed by atoms with van der Waals surface area (Å²) in [6, 6.07) is 10.1. The summed E-state index contributed by atoms with van der Waals surface area (Å²) in [5, 5.41) is 3.84. The zero-order chi connectivity index (χ0) is 18.0. The van der Waals surface area contributed by atoms with Gasteiger partial charge >= 0.3 is 0 Å². The summed E-state index contributed by atoms with van der Waals surface area (Å²) in [7, 11) is 0. The molecule has 1 amide bonds. The molecule has 25 heavy (non-hydrogen) atoms. The molecule has 1 aromatic heterocycles. The lowest BCUT2D eigenvalue weighted by Gasteiger charge is -2.42. The largest absolute Gasteiger partial charge is 0.339 e. The summed E-state index contributed by atoms with van der Waals surface area (Å²) in [5.41, 5.74) is 1.15. The molecule has 1 aliphatic rings. The Bertz CT molecular complexity index is 707. The van der Waals surface area contributed by atoms with Gasteiger partial charge < -0.3 is 9.42 Å². The van der Waals surface area contributed by atoms with Gasteiger partial charge in [0, 0.05) is 25.7 Å². The number of nitrogens with zero attached hydrogens (tertiary/aromatic N) is 4. The van der Waals surface area contributed by atoms with Gasteiger partial charge in [0.1, 0.15) is 0 Å². The molecule has 0 aliphatic carbocycles. The van der Waals surface area contributed by atoms with Gasteiger partial charge in [-0.2, -0.15) is 4.98 Å². The van der Waals surface area contributed by atoms with Crippen molar-refractivity contribution in [3.63, 3.8) is 0 Å². The monoisotopic (exact) mass is 342 g/mol. The zero-order valence-corrected chi connectivity index (χ0v) is 15.3. The molecule has 0 spiro atoms. The molecule has 2 heterocycles. The van der Waals surface area contributed by atoms with Crippen LogP contribution in [0.15, 0.2) is 34.9 Å². The van der Waals surface area contributed by atoms with E-state index in [4.69, 9.17) is 4.52 Å². The Morgan fingerprint density at radius 1 is 1.28 bits per heavy atom. The number of amides is 1. The van der Waals surface area contributed by atoms with Crippen molar-refractivity contribution in [2.24, 2.45) is 0 Å². The number of carbonyl (C=O) groups is 1. The van der Waals surface area contributed by atoms with Crippen molar-refractivity contribution >= 4 is 5.91 Å². The number of benzene rings is 1. The van der Waals surface area contributed by atoms with Crippen LogP contribution in [0.25, 0.3) is 0 Å². The van der Waals surface area contributed by atoms with Gasteiger partial charge in [0.25, 0.3) is 0 Å². The number of likely N-dealkylation sites (tertiary alicyclic amines) is 1. The van der Waals surface area contributed by atoms with Crippen molar-refractivity contribution in [2.75, 3.05) is 13.1 Å². The molecule has 1 fully saturated rings. The Balaban J connectivity index is 1.60. The summed E-state index contributed by atoms with van der Waals surface area (Å²) in [4.78, 5) is 21.4. The third kappa shape index (κ3) is 3.90. The highest BCUT2D eigenvalue weighted by atomic mass is 16.5. The highest BCUT2D eigenvalue weighted by molar-refractivity contribution is 5.82. The van der Waals surface area contributed by atoms with E-state index in [0.29, 0.717) is 18.3 Å². The molecule has 0 radical (unpaired) electrons. The average molecular weight is 342 g/mol. The van der Waals surface area contributed by atoms with Gasteiger partial charge in [-0.1, -0.05) is 35.5 Å². The first-order valence-electron chi connectivity index (χ1n) is 8.84. The van der Waals surface area contributed by atoms with E-state index in [9.17, 15) is 4.79 Å². The molecular formula is C19H26N4O2. The van der Waals surface area contributed by atoms with Crippen LogP contribution in [0.4, 0.5) is 0 Å². The first-order chi connectivity index (χ1) is 12.0. The number of aromatic nitrogens is 2. The van der Waals surface area contributed by atoms with E-state index in [0.717, 1.165) is 18.7 Å². The lowest BCUT2D eigenvalue weighted by Crippen LogP contribution is -2.56. The van der Waals surface area contributed by atoms with E-state index >= 15 is 0 Å². The van der Waals surface area contributed by atoms with Crippen LogP contribution in [0.3, 0.4) is 0 Å². The van der Waals surface area contributed by atoms with Gasteiger partial charge in [-0.25, -0.2) is 0 Å². The topological polar surface area (TPSA) is 62.5 Å². The fourth-order valence-electron chi connectivity index (χ4n) is 3.16. The molecule has 1 atom stereocenters. The molecule has 0 saturated carbocycles. The molecule has 2 aromatic rings. The molecule has 1 aliphatic heterocycles. The molecule has 134 valence electrons. The molecule has 0 N–H and O–H groups in total. The summed E-state index contributed by atoms with van der Waals surface area (Å²) >= 11 is 0. The Morgan fingerprint density at radius 3 is 2.52 bits per heavy atom. The molecular weight excluding hydrogens is 316 g/mol. The van der Waals surface area contributed by atoms with Gasteiger partial charge in [-0.3, -0.25) is 9.69 Å². The molecule has 1 aromatic carbocycles. The Hall–Kier alpha value is -2.21. The number of aryl methyl sites for hydroxylation is 1. The number of hydrogen-bond acceptors (Lipinski definition) is 5. The number of rotatable bonds is 6. The minimum atomic E-state index is -0.147. The van der Waals surface area contributed by atoms with Crippen molar-refractivity contribution in [3.8, 4) is 0 Å². The molecule has 3 rings (SSSR count). The van der Waals surface area contributed by atoms with Gasteiger partial charge in [-0.05, 0) is 33.3 Å². The van der Waals surface area contributed by atoms with Gasteiger partial charge in [0.05, 0.1) is 12.0 Å². The van der Waals surface area contributed by atoms with Crippen molar-refractivity contribution in [3.05, 3.63) is 47.6 Å². The van der Waals surface area contributed by atoms with Crippen molar-refractivity contribution in [2.45, 2.75) is 52.2 Å². The van der Waals surface area contributed by atoms with Crippen molar-refractivity contribution in [1.82, 2.24) is 19.9 Å². The second-order valence-electron chi connectivity index (χ2n) is 7.05. The molecule has 1 unspecified atom stereocenters. The lowest BCUT2D eigenvalue weighted by atomic mass is 9.97. The molecule has 6 heteroatoms. The van der Waals surface area contributed by atoms with Crippen LogP contribution in [-0.2, 0) is 11.3 Å². The number of carbonyl (C=O) groups excluding carboxylic acids is 1. The quantitative estimate of drug-likeness (QED) is 0.807. The smallest absolute Gasteiger partial charge is 0.240 e. The standard InChI is InChI=1S/C19H26N4O2/c1-13(2)23(10-16-8-6-5-7-9-16)19(24)14(3)22-11-17(12-22)18-20-15(4)21-25-18/h5-9,13-14,17H,10-12H2,1-4H3. The minimum Gasteiger partial charge on any atom is -0.339 e. The Labute approximate surface area is 148 Å². The van der Waals surface area contributed by atoms with Crippen LogP contribution in [0.5, 0.6) is 0 Å². The average Bonchev–Trinajstić information content (AvgIpc) is 2.97. The van der Waals surface area contributed by atoms with E-state index in [1.807, 2.05) is 36.9 Å². The van der Waals surface area contributed by atoms with Crippen LogP contribution >= 0.6 is 0 Å². The first-order valence-corrected chi connectivity index (χ1v) is 8.84. The Kier molecular flexibility index (Phi) is 5.18. The molecule has 0 bridgehead atoms. The van der Waals surface area contributed by atoms with E-state index in [2.05, 4.69) is 41.0 Å². The van der Waals surface area contributed by atoms with E-state index in [1.54, 1.807) is 0 Å². The molecule has 1 saturated heterocycles. The maximum absolute atomic E-state index is 13.0. The Morgan fingerprint density at radius 2 is 1.96 bits per heavy atom. The summed E-state index contributed by atoms with van der Waals surface area (Å²) in [5.74, 6) is 1.74. The third-order valence-corrected chi connectivity index (χ3v) is 4.81. The maximum atomic E-state index is 13.0. The first kappa shape index (κ1) is 17.6. The lowest BCUT2D eigenvalue weighted by molar-refractivity contribution is -0.141. The van der Waals surface area contributed by atoms with Gasteiger partial charge in [0.2, 0.25) is 11.8 Å². The van der Waals surface area contributed by atoms with Gasteiger partial charge in [0.15, 0.2) is 5.82 Å². The predicted molar refractivity (Wildman–Crippen MR) is 94.9 cm³/mol. The van der Waals surface area contributed by atoms with Crippen LogP contribution in [-0.4, -0.2) is 51.0 Å². The second-order valence-corrected chi connectivity index (χ2v) is 7.05. The van der Waals surface area contributed by atoms with E-state index < -0.39 is 0 Å². The summed E-state index contributed by atoms with van der Waals surface area (Å²) < 4.78 is 5.24. The predicted octanol–water partition coefficient (Wildman–Crippen LogP) is 2.60. The van der Waals surface area contributed by atoms with Crippen LogP contribution in [0, 0.1) is 6.92 Å². The normalized spacial score (nSPS) is 16.7. The highest BCUT2D eigenvalue weighted by Crippen LogP contribution is 2.28. The van der Waals surface area contributed by atoms with E-state index in [1.165, 1.54) is 0 Å². The fourth-order valence-corrected chi connectivity index (χ4v) is 3.16. The second kappa shape index (κ2) is 7.35. The minimum absolute atomic E-state index is 0.147. The van der Waals surface area contributed by atoms with Crippen molar-refractivity contribution < 1.29 is 9.32 Å². The summed E-state index contributed by atoms with van der Waals surface area (Å²) in [6.45, 7) is 10.1. The van der Waals surface area contributed by atoms with Crippen LogP contribution in [0.2, 0.25) is 0 Å². The van der Waals surface area contributed by atoms with Crippen LogP contribution < -0.4 is 0 Å². The highest BCUT2D eigenvalue weighted by Gasteiger charge is 2.38. The van der Waals surface area contributed by atoms with Gasteiger partial charge in [-0.15, -0.1) is 0 Å². The molecule has 6 nitrogen and oxygen atoms in total. The third-order valence-electron chi connectivity index (χ3n) is 4.81. The summed E-state index contributed by atoms with van der Waals surface area (Å²) in [6.07, 6.45) is 0. The van der Waals surface area contributed by atoms with Crippen LogP contribution in [0.1, 0.15) is 44.0 Å². The maximum Gasteiger partial charge on any atom is 0.240 e. The zero-order valence-electron chi connectivity index (χ0n) is 15.3. The van der Waals surface area contributed by atoms with Crippen molar-refractivity contribution in [1.29, 1.82) is 0 Å². The SMILES string of the molecule is Cc1noc(C2CN(C(C)C(=O)N(Cc3ccccc3)C(C)C)C2)n1. The fraction of sp³-hybridized carbons (Fsp3) is 0.526.